The van der Waals surface area contributed by atoms with Crippen LogP contribution in [0.4, 0.5) is 0 Å². The summed E-state index contributed by atoms with van der Waals surface area (Å²) < 4.78 is 5.62. The lowest BCUT2D eigenvalue weighted by molar-refractivity contribution is 0.0911. The van der Waals surface area contributed by atoms with Gasteiger partial charge in [-0.05, 0) is 32.1 Å². The first-order valence-corrected chi connectivity index (χ1v) is 6.13. The lowest BCUT2D eigenvalue weighted by atomic mass is 10.1. The first-order valence-electron chi connectivity index (χ1n) is 6.13. The SMILES string of the molecule is N#CCCN(CCC1CCCO1)C1CC1. The molecule has 3 nitrogen and oxygen atoms in total. The molecule has 1 atom stereocenters. The highest BCUT2D eigenvalue weighted by atomic mass is 16.5. The van der Waals surface area contributed by atoms with E-state index in [-0.39, 0.29) is 0 Å². The van der Waals surface area contributed by atoms with Crippen LogP contribution in [0.5, 0.6) is 0 Å². The maximum atomic E-state index is 8.60. The van der Waals surface area contributed by atoms with Crippen molar-refractivity contribution in [3.8, 4) is 6.07 Å². The van der Waals surface area contributed by atoms with E-state index >= 15 is 0 Å². The van der Waals surface area contributed by atoms with Crippen LogP contribution in [0.1, 0.15) is 38.5 Å². The maximum Gasteiger partial charge on any atom is 0.0635 e. The Balaban J connectivity index is 1.66. The Morgan fingerprint density at radius 3 is 2.73 bits per heavy atom. The van der Waals surface area contributed by atoms with E-state index in [9.17, 15) is 0 Å². The number of hydrogen-bond acceptors (Lipinski definition) is 3. The van der Waals surface area contributed by atoms with Crippen LogP contribution in [0.3, 0.4) is 0 Å². The van der Waals surface area contributed by atoms with Crippen LogP contribution >= 0.6 is 0 Å². The summed E-state index contributed by atoms with van der Waals surface area (Å²) >= 11 is 0. The van der Waals surface area contributed by atoms with Gasteiger partial charge in [-0.25, -0.2) is 0 Å². The molecule has 0 N–H and O–H groups in total. The summed E-state index contributed by atoms with van der Waals surface area (Å²) in [4.78, 5) is 2.48. The molecule has 3 heteroatoms. The van der Waals surface area contributed by atoms with E-state index in [0.29, 0.717) is 12.5 Å². The molecule has 2 rings (SSSR count). The van der Waals surface area contributed by atoms with Gasteiger partial charge in [0.25, 0.3) is 0 Å². The third-order valence-electron chi connectivity index (χ3n) is 3.34. The lowest BCUT2D eigenvalue weighted by Crippen LogP contribution is -2.30. The third-order valence-corrected chi connectivity index (χ3v) is 3.34. The zero-order valence-corrected chi connectivity index (χ0v) is 9.32. The summed E-state index contributed by atoms with van der Waals surface area (Å²) in [5.74, 6) is 0. The molecule has 0 aromatic rings. The molecule has 1 unspecified atom stereocenters. The van der Waals surface area contributed by atoms with E-state index in [4.69, 9.17) is 10.00 Å². The maximum absolute atomic E-state index is 8.60. The monoisotopic (exact) mass is 208 g/mol. The minimum atomic E-state index is 0.494. The van der Waals surface area contributed by atoms with Gasteiger partial charge in [0.1, 0.15) is 0 Å². The quantitative estimate of drug-likeness (QED) is 0.669. The smallest absolute Gasteiger partial charge is 0.0635 e. The Kier molecular flexibility index (Phi) is 3.99. The van der Waals surface area contributed by atoms with Crippen molar-refractivity contribution in [3.63, 3.8) is 0 Å². The second-order valence-corrected chi connectivity index (χ2v) is 4.60. The average molecular weight is 208 g/mol. The molecule has 1 heterocycles. The van der Waals surface area contributed by atoms with Gasteiger partial charge in [0, 0.05) is 32.2 Å². The second-order valence-electron chi connectivity index (χ2n) is 4.60. The number of nitriles is 1. The van der Waals surface area contributed by atoms with Crippen molar-refractivity contribution in [1.82, 2.24) is 4.90 Å². The summed E-state index contributed by atoms with van der Waals surface area (Å²) in [5.41, 5.74) is 0. The molecule has 15 heavy (non-hydrogen) atoms. The predicted molar refractivity (Wildman–Crippen MR) is 58.4 cm³/mol. The number of nitrogens with zero attached hydrogens (tertiary/aromatic N) is 2. The highest BCUT2D eigenvalue weighted by Crippen LogP contribution is 2.27. The molecule has 1 saturated carbocycles. The summed E-state index contributed by atoms with van der Waals surface area (Å²) in [5, 5.41) is 8.60. The average Bonchev–Trinajstić information content (AvgIpc) is 2.95. The van der Waals surface area contributed by atoms with Crippen LogP contribution in [0.25, 0.3) is 0 Å². The molecule has 0 aromatic heterocycles. The molecule has 1 aliphatic heterocycles. The van der Waals surface area contributed by atoms with Crippen molar-refractivity contribution in [1.29, 1.82) is 5.26 Å². The highest BCUT2D eigenvalue weighted by Gasteiger charge is 2.29. The van der Waals surface area contributed by atoms with Gasteiger partial charge in [-0.2, -0.15) is 5.26 Å². The Morgan fingerprint density at radius 2 is 2.13 bits per heavy atom. The topological polar surface area (TPSA) is 36.3 Å². The molecule has 0 amide bonds. The van der Waals surface area contributed by atoms with Gasteiger partial charge in [-0.15, -0.1) is 0 Å². The Labute approximate surface area is 92.0 Å². The van der Waals surface area contributed by atoms with Crippen molar-refractivity contribution >= 4 is 0 Å². The molecule has 84 valence electrons. The van der Waals surface area contributed by atoms with Crippen LogP contribution in [0.2, 0.25) is 0 Å². The van der Waals surface area contributed by atoms with Crippen LogP contribution < -0.4 is 0 Å². The van der Waals surface area contributed by atoms with Crippen molar-refractivity contribution in [2.24, 2.45) is 0 Å². The number of ether oxygens (including phenoxy) is 1. The fourth-order valence-electron chi connectivity index (χ4n) is 2.29. The summed E-state index contributed by atoms with van der Waals surface area (Å²) in [6.07, 6.45) is 7.44. The zero-order chi connectivity index (χ0) is 10.5. The normalized spacial score (nSPS) is 25.7. The van der Waals surface area contributed by atoms with Gasteiger partial charge < -0.3 is 4.74 Å². The Bertz CT molecular complexity index is 226. The fourth-order valence-corrected chi connectivity index (χ4v) is 2.29. The standard InChI is InChI=1S/C12H20N2O/c13-7-2-8-14(11-4-5-11)9-6-12-3-1-10-15-12/h11-12H,1-6,8-10H2. The summed E-state index contributed by atoms with van der Waals surface area (Å²) in [6, 6.07) is 3.01. The van der Waals surface area contributed by atoms with Crippen molar-refractivity contribution < 1.29 is 4.74 Å². The van der Waals surface area contributed by atoms with E-state index in [1.807, 2.05) is 0 Å². The van der Waals surface area contributed by atoms with Gasteiger partial charge in [0.2, 0.25) is 0 Å². The largest absolute Gasteiger partial charge is 0.378 e. The molecule has 0 bridgehead atoms. The minimum Gasteiger partial charge on any atom is -0.378 e. The molecule has 1 saturated heterocycles. The lowest BCUT2D eigenvalue weighted by Gasteiger charge is -2.22. The van der Waals surface area contributed by atoms with Crippen LogP contribution in [-0.4, -0.2) is 36.7 Å². The van der Waals surface area contributed by atoms with Gasteiger partial charge in [0.15, 0.2) is 0 Å². The van der Waals surface area contributed by atoms with E-state index < -0.39 is 0 Å². The summed E-state index contributed by atoms with van der Waals surface area (Å²) in [6.45, 7) is 3.02. The number of hydrogen-bond donors (Lipinski definition) is 0. The second kappa shape index (κ2) is 5.48. The van der Waals surface area contributed by atoms with Crippen LogP contribution in [-0.2, 0) is 4.74 Å². The molecule has 0 aromatic carbocycles. The summed E-state index contributed by atoms with van der Waals surface area (Å²) in [7, 11) is 0. The first kappa shape index (κ1) is 10.9. The molecule has 0 spiro atoms. The van der Waals surface area contributed by atoms with Gasteiger partial charge in [-0.1, -0.05) is 0 Å². The van der Waals surface area contributed by atoms with Gasteiger partial charge in [0.05, 0.1) is 12.2 Å². The molecular weight excluding hydrogens is 188 g/mol. The predicted octanol–water partition coefficient (Wildman–Crippen LogP) is 1.93. The third kappa shape index (κ3) is 3.48. The molecular formula is C12H20N2O. The molecule has 0 radical (unpaired) electrons. The van der Waals surface area contributed by atoms with Crippen LogP contribution in [0.15, 0.2) is 0 Å². The number of rotatable bonds is 6. The molecule has 2 aliphatic rings. The van der Waals surface area contributed by atoms with Gasteiger partial charge in [-0.3, -0.25) is 4.90 Å². The van der Waals surface area contributed by atoms with Crippen molar-refractivity contribution in [2.45, 2.75) is 50.7 Å². The van der Waals surface area contributed by atoms with Gasteiger partial charge >= 0.3 is 0 Å². The minimum absolute atomic E-state index is 0.494. The van der Waals surface area contributed by atoms with Crippen molar-refractivity contribution in [2.75, 3.05) is 19.7 Å². The molecule has 2 fully saturated rings. The van der Waals surface area contributed by atoms with E-state index in [1.165, 1.54) is 25.7 Å². The molecule has 1 aliphatic carbocycles. The van der Waals surface area contributed by atoms with Crippen molar-refractivity contribution in [3.05, 3.63) is 0 Å². The van der Waals surface area contributed by atoms with Crippen LogP contribution in [0, 0.1) is 11.3 Å². The fraction of sp³-hybridized carbons (Fsp3) is 0.917. The van der Waals surface area contributed by atoms with E-state index in [1.54, 1.807) is 0 Å². The highest BCUT2D eigenvalue weighted by molar-refractivity contribution is 4.87. The van der Waals surface area contributed by atoms with E-state index in [0.717, 1.165) is 32.2 Å². The Hall–Kier alpha value is -0.590. The first-order chi connectivity index (χ1) is 7.40. The van der Waals surface area contributed by atoms with E-state index in [2.05, 4.69) is 11.0 Å². The Morgan fingerprint density at radius 1 is 1.27 bits per heavy atom. The zero-order valence-electron chi connectivity index (χ0n) is 9.32.